The standard InChI is InChI=1S/C21H19N2.C17H19N2.Ir/c1-2-9-16(10-3-1)21-22-19-12-6-11-18-17(15-7-4-5-8-15)13-14-23(21)20(18)19;1-12(2)19-15-10-6-5-8-13(15)16-14(17(19,3)4)9-7-11-18-16;/h1-3,6,9,11-13,15H,4-5,7-8,14H2;5-7,9-12H,1-4H3;/q2*-1;. The van der Waals surface area contributed by atoms with E-state index in [0.717, 1.165) is 40.6 Å². The Morgan fingerprint density at radius 1 is 0.907 bits per heavy atom. The van der Waals surface area contributed by atoms with E-state index >= 15 is 0 Å². The zero-order valence-corrected chi connectivity index (χ0v) is 27.8. The summed E-state index contributed by atoms with van der Waals surface area (Å²) < 4.78 is 2.36. The fourth-order valence-corrected chi connectivity index (χ4v) is 7.53. The number of allylic oxidation sites excluding steroid dienone is 2. The first-order chi connectivity index (χ1) is 20.4. The molecular weight excluding hydrogens is 705 g/mol. The number of aromatic nitrogens is 3. The first-order valence-electron chi connectivity index (χ1n) is 15.4. The van der Waals surface area contributed by atoms with Crippen LogP contribution in [0, 0.1) is 18.1 Å². The molecule has 43 heavy (non-hydrogen) atoms. The smallest absolute Gasteiger partial charge is 0.0777 e. The second-order valence-corrected chi connectivity index (χ2v) is 12.5. The van der Waals surface area contributed by atoms with Crippen LogP contribution < -0.4 is 4.90 Å². The molecule has 0 atom stereocenters. The van der Waals surface area contributed by atoms with Crippen LogP contribution in [-0.2, 0) is 32.2 Å². The van der Waals surface area contributed by atoms with Gasteiger partial charge in [-0.05, 0) is 81.1 Å². The van der Waals surface area contributed by atoms with Gasteiger partial charge in [0.15, 0.2) is 0 Å². The molecule has 8 rings (SSSR count). The largest absolute Gasteiger partial charge is 0.400 e. The number of rotatable bonds is 3. The van der Waals surface area contributed by atoms with Crippen LogP contribution in [0.25, 0.3) is 39.3 Å². The number of anilines is 1. The van der Waals surface area contributed by atoms with Gasteiger partial charge < -0.3 is 14.5 Å². The average molecular weight is 743 g/mol. The molecule has 3 aliphatic rings. The summed E-state index contributed by atoms with van der Waals surface area (Å²) in [6.07, 6.45) is 9.74. The zero-order valence-electron chi connectivity index (χ0n) is 25.4. The van der Waals surface area contributed by atoms with Crippen molar-refractivity contribution in [2.45, 2.75) is 71.5 Å². The number of fused-ring (bicyclic) bond motifs is 3. The van der Waals surface area contributed by atoms with Crippen LogP contribution in [0.15, 0.2) is 85.1 Å². The second kappa shape index (κ2) is 11.9. The molecule has 0 amide bonds. The first-order valence-corrected chi connectivity index (χ1v) is 15.4. The molecule has 5 heteroatoms. The molecule has 4 nitrogen and oxygen atoms in total. The minimum Gasteiger partial charge on any atom is -0.400 e. The van der Waals surface area contributed by atoms with Gasteiger partial charge in [-0.1, -0.05) is 37.1 Å². The third-order valence-corrected chi connectivity index (χ3v) is 9.23. The molecular formula is C38H38IrN4-2. The molecule has 3 aromatic carbocycles. The fourth-order valence-electron chi connectivity index (χ4n) is 7.53. The van der Waals surface area contributed by atoms with E-state index in [4.69, 9.17) is 4.98 Å². The van der Waals surface area contributed by atoms with Crippen molar-refractivity contribution in [3.8, 4) is 22.6 Å². The molecule has 221 valence electrons. The topological polar surface area (TPSA) is 34.0 Å². The number of pyridine rings is 1. The summed E-state index contributed by atoms with van der Waals surface area (Å²) in [5.74, 6) is 1.78. The Morgan fingerprint density at radius 2 is 1.72 bits per heavy atom. The number of nitrogens with zero attached hydrogens (tertiary/aromatic N) is 4. The Morgan fingerprint density at radius 3 is 2.49 bits per heavy atom. The van der Waals surface area contributed by atoms with Crippen LogP contribution in [0.2, 0.25) is 0 Å². The normalized spacial score (nSPS) is 16.6. The summed E-state index contributed by atoms with van der Waals surface area (Å²) in [7, 11) is 0. The van der Waals surface area contributed by atoms with E-state index in [1.807, 2.05) is 30.5 Å². The SMILES string of the molecule is CC(C)N1c2ccc[c-]c2-c2ncccc2C1(C)C.[Ir].[c-]1ccccc1-c1nc2cccc3c2n1CC=C3C1CCCC1. The molecule has 1 fully saturated rings. The van der Waals surface area contributed by atoms with E-state index in [1.54, 1.807) is 5.57 Å². The molecule has 0 bridgehead atoms. The summed E-state index contributed by atoms with van der Waals surface area (Å²) in [4.78, 5) is 12.0. The molecule has 4 heterocycles. The van der Waals surface area contributed by atoms with Gasteiger partial charge >= 0.3 is 0 Å². The third-order valence-electron chi connectivity index (χ3n) is 9.23. The first kappa shape index (κ1) is 29.5. The van der Waals surface area contributed by atoms with Crippen LogP contribution in [0.4, 0.5) is 5.69 Å². The van der Waals surface area contributed by atoms with E-state index in [-0.39, 0.29) is 25.6 Å². The van der Waals surface area contributed by atoms with Crippen molar-refractivity contribution >= 4 is 22.3 Å². The van der Waals surface area contributed by atoms with E-state index in [9.17, 15) is 0 Å². The Kier molecular flexibility index (Phi) is 8.15. The van der Waals surface area contributed by atoms with Crippen molar-refractivity contribution in [1.82, 2.24) is 14.5 Å². The van der Waals surface area contributed by atoms with Gasteiger partial charge in [0.25, 0.3) is 0 Å². The summed E-state index contributed by atoms with van der Waals surface area (Å²) in [5.41, 5.74) is 11.1. The molecule has 2 aliphatic heterocycles. The van der Waals surface area contributed by atoms with Crippen LogP contribution in [0.1, 0.15) is 64.5 Å². The summed E-state index contributed by atoms with van der Waals surface area (Å²) in [6.45, 7) is 9.93. The Labute approximate surface area is 269 Å². The van der Waals surface area contributed by atoms with E-state index in [1.165, 1.54) is 48.0 Å². The fraction of sp³-hybridized carbons (Fsp3) is 0.316. The molecule has 0 unspecified atom stereocenters. The number of benzene rings is 3. The minimum absolute atomic E-state index is 0. The maximum atomic E-state index is 4.91. The molecule has 0 spiro atoms. The zero-order chi connectivity index (χ0) is 28.8. The van der Waals surface area contributed by atoms with Crippen molar-refractivity contribution in [1.29, 1.82) is 0 Å². The monoisotopic (exact) mass is 743 g/mol. The summed E-state index contributed by atoms with van der Waals surface area (Å²) >= 11 is 0. The van der Waals surface area contributed by atoms with Gasteiger partial charge in [-0.2, -0.15) is 0 Å². The number of hydrogen-bond donors (Lipinski definition) is 0. The number of para-hydroxylation sites is 1. The van der Waals surface area contributed by atoms with E-state index in [2.05, 4.69) is 109 Å². The minimum atomic E-state index is -0.0556. The second-order valence-electron chi connectivity index (χ2n) is 12.5. The van der Waals surface area contributed by atoms with Crippen LogP contribution >= 0.6 is 0 Å². The van der Waals surface area contributed by atoms with Crippen molar-refractivity contribution in [3.05, 3.63) is 108 Å². The Hall–Kier alpha value is -3.53. The van der Waals surface area contributed by atoms with Gasteiger partial charge in [-0.3, -0.25) is 4.98 Å². The van der Waals surface area contributed by atoms with Crippen LogP contribution in [0.5, 0.6) is 0 Å². The predicted molar refractivity (Wildman–Crippen MR) is 173 cm³/mol. The van der Waals surface area contributed by atoms with E-state index in [0.29, 0.717) is 6.04 Å². The summed E-state index contributed by atoms with van der Waals surface area (Å²) in [6, 6.07) is 32.2. The maximum Gasteiger partial charge on any atom is 0.0777 e. The molecule has 0 N–H and O–H groups in total. The van der Waals surface area contributed by atoms with Crippen molar-refractivity contribution in [2.24, 2.45) is 5.92 Å². The molecule has 1 radical (unpaired) electrons. The van der Waals surface area contributed by atoms with Gasteiger partial charge in [0.05, 0.1) is 16.9 Å². The number of hydrogen-bond acceptors (Lipinski definition) is 3. The quantitative estimate of drug-likeness (QED) is 0.173. The Bertz CT molecular complexity index is 1780. The van der Waals surface area contributed by atoms with Crippen molar-refractivity contribution in [2.75, 3.05) is 4.90 Å². The van der Waals surface area contributed by atoms with Gasteiger partial charge in [-0.15, -0.1) is 65.7 Å². The van der Waals surface area contributed by atoms with Gasteiger partial charge in [0.2, 0.25) is 0 Å². The van der Waals surface area contributed by atoms with Gasteiger partial charge in [0, 0.05) is 50.0 Å². The van der Waals surface area contributed by atoms with Crippen molar-refractivity contribution in [3.63, 3.8) is 0 Å². The molecule has 1 aliphatic carbocycles. The van der Waals surface area contributed by atoms with Gasteiger partial charge in [-0.25, -0.2) is 0 Å². The number of imidazole rings is 1. The average Bonchev–Trinajstić information content (AvgIpc) is 3.68. The maximum absolute atomic E-state index is 4.91. The molecule has 5 aromatic rings. The molecule has 1 saturated carbocycles. The third kappa shape index (κ3) is 5.07. The Balaban J connectivity index is 0.000000153. The van der Waals surface area contributed by atoms with Crippen LogP contribution in [-0.4, -0.2) is 20.6 Å². The predicted octanol–water partition coefficient (Wildman–Crippen LogP) is 9.10. The van der Waals surface area contributed by atoms with E-state index < -0.39 is 0 Å². The van der Waals surface area contributed by atoms with Crippen LogP contribution in [0.3, 0.4) is 0 Å². The molecule has 2 aromatic heterocycles. The van der Waals surface area contributed by atoms with Gasteiger partial charge in [0.1, 0.15) is 0 Å². The molecule has 0 saturated heterocycles. The van der Waals surface area contributed by atoms with Crippen molar-refractivity contribution < 1.29 is 20.1 Å². The summed E-state index contributed by atoms with van der Waals surface area (Å²) in [5, 5.41) is 0.